The average Bonchev–Trinajstić information content (AvgIpc) is 2.84. The molecule has 0 aromatic carbocycles. The van der Waals surface area contributed by atoms with Gasteiger partial charge in [0.2, 0.25) is 0 Å². The van der Waals surface area contributed by atoms with Gasteiger partial charge >= 0.3 is 0 Å². The molecular weight excluding hydrogens is 482 g/mol. The number of Topliss-reactive ketones (excluding diaryl/α,β-unsaturated/α-hetero) is 1. The van der Waals surface area contributed by atoms with Crippen molar-refractivity contribution in [3.63, 3.8) is 0 Å². The van der Waals surface area contributed by atoms with Gasteiger partial charge in [0.15, 0.2) is 11.6 Å². The van der Waals surface area contributed by atoms with Crippen molar-refractivity contribution in [2.24, 2.45) is 38.4 Å². The van der Waals surface area contributed by atoms with Crippen LogP contribution in [0.1, 0.15) is 127 Å². The summed E-state index contributed by atoms with van der Waals surface area (Å²) in [5.41, 5.74) is 0.311. The number of hydrogen-bond donors (Lipinski definition) is 0. The molecule has 0 radical (unpaired) electrons. The first-order chi connectivity index (χ1) is 17.9. The Kier molecular flexibility index (Phi) is 8.90. The number of carbonyl (C=O) groups is 2. The van der Waals surface area contributed by atoms with Crippen molar-refractivity contribution in [1.29, 1.82) is 5.26 Å². The van der Waals surface area contributed by atoms with Crippen LogP contribution in [-0.4, -0.2) is 25.3 Å². The van der Waals surface area contributed by atoms with E-state index in [-0.39, 0.29) is 44.7 Å². The third-order valence-electron chi connectivity index (χ3n) is 11.8. The Hall–Kier alpha value is -1.73. The molecule has 0 aliphatic heterocycles. The Morgan fingerprint density at radius 2 is 1.56 bits per heavy atom. The molecule has 4 atom stereocenters. The molecule has 39 heavy (non-hydrogen) atoms. The summed E-state index contributed by atoms with van der Waals surface area (Å²) >= 11 is 0. The van der Waals surface area contributed by atoms with E-state index in [4.69, 9.17) is 4.74 Å². The molecular formula is C35H55NO3. The van der Waals surface area contributed by atoms with E-state index in [1.807, 2.05) is 26.0 Å². The van der Waals surface area contributed by atoms with Crippen LogP contribution in [0.3, 0.4) is 0 Å². The number of allylic oxidation sites excluding steroid dienone is 4. The summed E-state index contributed by atoms with van der Waals surface area (Å²) in [5.74, 6) is 0.190. The monoisotopic (exact) mass is 537 g/mol. The van der Waals surface area contributed by atoms with E-state index in [0.717, 1.165) is 70.0 Å². The third kappa shape index (κ3) is 6.00. The zero-order chi connectivity index (χ0) is 29.5. The number of hydrogen-bond acceptors (Lipinski definition) is 4. The number of ether oxygens (including phenoxy) is 1. The van der Waals surface area contributed by atoms with E-state index >= 15 is 0 Å². The highest BCUT2D eigenvalue weighted by molar-refractivity contribution is 6.04. The average molecular weight is 538 g/mol. The van der Waals surface area contributed by atoms with Gasteiger partial charge in [0.05, 0.1) is 5.57 Å². The summed E-state index contributed by atoms with van der Waals surface area (Å²) in [6.45, 7) is 21.3. The zero-order valence-electron chi connectivity index (χ0n) is 26.7. The molecule has 0 spiro atoms. The van der Waals surface area contributed by atoms with Gasteiger partial charge in [0.25, 0.3) is 0 Å². The van der Waals surface area contributed by atoms with E-state index in [9.17, 15) is 14.9 Å². The molecule has 0 bridgehead atoms. The maximum atomic E-state index is 13.6. The first kappa shape index (κ1) is 31.8. The van der Waals surface area contributed by atoms with Gasteiger partial charge in [-0.05, 0) is 91.4 Å². The highest BCUT2D eigenvalue weighted by atomic mass is 16.5. The van der Waals surface area contributed by atoms with Crippen LogP contribution in [0.15, 0.2) is 23.3 Å². The quantitative estimate of drug-likeness (QED) is 0.361. The maximum Gasteiger partial charge on any atom is 0.178 e. The minimum absolute atomic E-state index is 0.0562. The summed E-state index contributed by atoms with van der Waals surface area (Å²) in [6, 6.07) is 2.22. The van der Waals surface area contributed by atoms with E-state index < -0.39 is 10.8 Å². The largest absolute Gasteiger partial charge is 0.385 e. The fraction of sp³-hybridized carbons (Fsp3) is 0.800. The van der Waals surface area contributed by atoms with Crippen molar-refractivity contribution >= 4 is 11.6 Å². The second-order valence-electron chi connectivity index (χ2n) is 15.9. The van der Waals surface area contributed by atoms with Crippen molar-refractivity contribution < 1.29 is 14.3 Å². The van der Waals surface area contributed by atoms with Crippen LogP contribution in [0.5, 0.6) is 0 Å². The van der Waals surface area contributed by atoms with Crippen molar-refractivity contribution in [2.45, 2.75) is 127 Å². The highest BCUT2D eigenvalue weighted by Gasteiger charge is 2.61. The zero-order valence-corrected chi connectivity index (χ0v) is 26.7. The number of fused-ring (bicyclic) bond motifs is 3. The van der Waals surface area contributed by atoms with Gasteiger partial charge in [-0.25, -0.2) is 0 Å². The second kappa shape index (κ2) is 10.9. The molecule has 4 heteroatoms. The topological polar surface area (TPSA) is 67.2 Å². The lowest BCUT2D eigenvalue weighted by atomic mass is 9.42. The Morgan fingerprint density at radius 3 is 2.18 bits per heavy atom. The van der Waals surface area contributed by atoms with E-state index in [2.05, 4.69) is 54.5 Å². The van der Waals surface area contributed by atoms with E-state index in [1.165, 1.54) is 0 Å². The summed E-state index contributed by atoms with van der Waals surface area (Å²) in [4.78, 5) is 27.0. The number of methoxy groups -OCH3 is 1. The summed E-state index contributed by atoms with van der Waals surface area (Å²) in [7, 11) is 1.80. The van der Waals surface area contributed by atoms with Crippen LogP contribution in [0.4, 0.5) is 0 Å². The Balaban J connectivity index is 2.18. The number of carbonyl (C=O) groups excluding carboxylic acids is 2. The predicted octanol–water partition coefficient (Wildman–Crippen LogP) is 8.80. The number of rotatable bonds is 3. The SMILES string of the molecule is COCC[C@@]1(C)CCC(C)(C)CCCC(=O)/C=C2/[C@@]3(C)C=C(C#N)C(=O)C(C)(C)[C@@H]3CC[C@@]2(C)C(C)(C)CC1. The molecule has 3 aliphatic rings. The van der Waals surface area contributed by atoms with Crippen LogP contribution < -0.4 is 0 Å². The molecule has 1 saturated carbocycles. The lowest BCUT2D eigenvalue weighted by Gasteiger charge is -2.61. The van der Waals surface area contributed by atoms with Crippen molar-refractivity contribution in [3.05, 3.63) is 23.3 Å². The standard InChI is InChI=1S/C35H55NO3/c1-30(2)14-11-12-26(37)22-28-34(8)23-25(24-36)29(38)32(5,6)27(34)13-15-35(28,9)31(3,4)17-19-33(7,18-16-30)20-21-39-10/h22-23,27H,11-21H2,1-10H3/b28-22-/t27-,33-,34-,35+/m0/s1. The van der Waals surface area contributed by atoms with Gasteiger partial charge in [-0.3, -0.25) is 9.59 Å². The molecule has 0 aromatic rings. The van der Waals surface area contributed by atoms with Crippen molar-refractivity contribution in [2.75, 3.05) is 13.7 Å². The van der Waals surface area contributed by atoms with Gasteiger partial charge in [0.1, 0.15) is 6.07 Å². The Labute approximate surface area is 239 Å². The normalized spacial score (nSPS) is 38.2. The maximum absolute atomic E-state index is 13.6. The van der Waals surface area contributed by atoms with Gasteiger partial charge < -0.3 is 4.74 Å². The molecule has 0 aromatic heterocycles. The second-order valence-corrected chi connectivity index (χ2v) is 15.9. The lowest BCUT2D eigenvalue weighted by Crippen LogP contribution is -2.55. The number of ketones is 2. The Morgan fingerprint density at radius 1 is 0.923 bits per heavy atom. The molecule has 4 nitrogen and oxygen atoms in total. The molecule has 1 fully saturated rings. The van der Waals surface area contributed by atoms with Gasteiger partial charge in [-0.2, -0.15) is 5.26 Å². The fourth-order valence-corrected chi connectivity index (χ4v) is 8.26. The van der Waals surface area contributed by atoms with Gasteiger partial charge in [-0.1, -0.05) is 74.0 Å². The minimum Gasteiger partial charge on any atom is -0.385 e. The molecule has 0 unspecified atom stereocenters. The molecule has 0 saturated heterocycles. The summed E-state index contributed by atoms with van der Waals surface area (Å²) in [5, 5.41) is 9.96. The number of nitriles is 1. The van der Waals surface area contributed by atoms with Gasteiger partial charge in [0, 0.05) is 31.0 Å². The molecule has 218 valence electrons. The molecule has 0 heterocycles. The Bertz CT molecular complexity index is 1070. The highest BCUT2D eigenvalue weighted by Crippen LogP contribution is 2.67. The van der Waals surface area contributed by atoms with Crippen LogP contribution in [0.2, 0.25) is 0 Å². The van der Waals surface area contributed by atoms with Crippen molar-refractivity contribution in [1.82, 2.24) is 0 Å². The van der Waals surface area contributed by atoms with Gasteiger partial charge in [-0.15, -0.1) is 0 Å². The van der Waals surface area contributed by atoms with Crippen molar-refractivity contribution in [3.8, 4) is 6.07 Å². The van der Waals surface area contributed by atoms with Crippen LogP contribution >= 0.6 is 0 Å². The first-order valence-corrected chi connectivity index (χ1v) is 15.3. The summed E-state index contributed by atoms with van der Waals surface area (Å²) in [6.07, 6.45) is 13.7. The third-order valence-corrected chi connectivity index (χ3v) is 11.8. The van der Waals surface area contributed by atoms with Crippen LogP contribution in [-0.2, 0) is 14.3 Å². The fourth-order valence-electron chi connectivity index (χ4n) is 8.26. The van der Waals surface area contributed by atoms with E-state index in [0.29, 0.717) is 6.42 Å². The molecule has 3 aliphatic carbocycles. The summed E-state index contributed by atoms with van der Waals surface area (Å²) < 4.78 is 5.55. The molecule has 0 N–H and O–H groups in total. The van der Waals surface area contributed by atoms with Crippen LogP contribution in [0, 0.1) is 49.7 Å². The molecule has 0 amide bonds. The smallest absolute Gasteiger partial charge is 0.178 e. The molecule has 3 rings (SSSR count). The minimum atomic E-state index is -0.647. The van der Waals surface area contributed by atoms with E-state index in [1.54, 1.807) is 7.11 Å². The van der Waals surface area contributed by atoms with Crippen LogP contribution in [0.25, 0.3) is 0 Å². The predicted molar refractivity (Wildman–Crippen MR) is 159 cm³/mol. The number of nitrogens with zero attached hydrogens (tertiary/aromatic N) is 1. The first-order valence-electron chi connectivity index (χ1n) is 15.3. The lowest BCUT2D eigenvalue weighted by molar-refractivity contribution is -0.131.